The number of rotatable bonds is 9. The smallest absolute Gasteiger partial charge is 0.321 e. The number of ether oxygens (including phenoxy) is 3. The molecule has 0 fully saturated rings. The lowest BCUT2D eigenvalue weighted by Gasteiger charge is -2.07. The van der Waals surface area contributed by atoms with Crippen molar-refractivity contribution in [3.63, 3.8) is 0 Å². The summed E-state index contributed by atoms with van der Waals surface area (Å²) in [7, 11) is 0.732. The lowest BCUT2D eigenvalue weighted by Crippen LogP contribution is -2.30. The minimum Gasteiger partial charge on any atom is -0.497 e. The van der Waals surface area contributed by atoms with Gasteiger partial charge in [-0.25, -0.2) is 8.42 Å². The summed E-state index contributed by atoms with van der Waals surface area (Å²) in [5.41, 5.74) is 0.559. The van der Waals surface area contributed by atoms with E-state index in [2.05, 4.69) is 20.0 Å². The van der Waals surface area contributed by atoms with Gasteiger partial charge in [-0.2, -0.15) is 14.8 Å². The Kier molecular flexibility index (Phi) is 6.32. The maximum absolute atomic E-state index is 12.1. The molecule has 0 aliphatic rings. The van der Waals surface area contributed by atoms with Crippen molar-refractivity contribution in [2.75, 3.05) is 20.8 Å². The minimum absolute atomic E-state index is 0.0336. The zero-order chi connectivity index (χ0) is 21.7. The third kappa shape index (κ3) is 4.93. The average molecular weight is 437 g/mol. The summed E-state index contributed by atoms with van der Waals surface area (Å²) in [6.45, 7) is -0.885. The number of aryl methyl sites for hydroxylation is 1. The van der Waals surface area contributed by atoms with E-state index in [9.17, 15) is 13.2 Å². The van der Waals surface area contributed by atoms with Crippen molar-refractivity contribution in [2.45, 2.75) is 11.5 Å². The summed E-state index contributed by atoms with van der Waals surface area (Å²) in [5.74, 6) is 0.527. The Hall–Kier alpha value is -3.45. The summed E-state index contributed by atoms with van der Waals surface area (Å²) in [5, 5.41) is 7.61. The number of esters is 1. The largest absolute Gasteiger partial charge is 0.497 e. The normalized spacial score (nSPS) is 11.3. The molecule has 0 bridgehead atoms. The Morgan fingerprint density at radius 3 is 2.73 bits per heavy atom. The monoisotopic (exact) mass is 437 g/mol. The standard InChI is InChI=1S/C17H19N5O7S/c1-22-9-12(7-18-22)30(24,25)19-8-16(23)28-10-15-20-17(21-29-15)13-5-4-11(26-2)6-14(13)27-3/h4-7,9,19H,8,10H2,1-3H3. The van der Waals surface area contributed by atoms with Crippen molar-refractivity contribution in [1.82, 2.24) is 24.6 Å². The molecule has 0 atom stereocenters. The highest BCUT2D eigenvalue weighted by Gasteiger charge is 2.19. The van der Waals surface area contributed by atoms with Gasteiger partial charge in [-0.05, 0) is 12.1 Å². The summed E-state index contributed by atoms with van der Waals surface area (Å²) >= 11 is 0. The molecular weight excluding hydrogens is 418 g/mol. The van der Waals surface area contributed by atoms with Crippen LogP contribution in [0.25, 0.3) is 11.4 Å². The van der Waals surface area contributed by atoms with Crippen molar-refractivity contribution in [1.29, 1.82) is 0 Å². The van der Waals surface area contributed by atoms with Crippen LogP contribution in [-0.4, -0.2) is 55.1 Å². The summed E-state index contributed by atoms with van der Waals surface area (Å²) < 4.78 is 48.0. The number of carbonyl (C=O) groups excluding carboxylic acids is 1. The molecule has 1 aromatic carbocycles. The van der Waals surface area contributed by atoms with Crippen LogP contribution in [0.5, 0.6) is 11.5 Å². The predicted molar refractivity (Wildman–Crippen MR) is 101 cm³/mol. The second-order valence-electron chi connectivity index (χ2n) is 5.91. The zero-order valence-corrected chi connectivity index (χ0v) is 17.2. The van der Waals surface area contributed by atoms with Gasteiger partial charge in [0.1, 0.15) is 22.9 Å². The number of carbonyl (C=O) groups is 1. The Labute approximate surface area is 171 Å². The number of methoxy groups -OCH3 is 2. The van der Waals surface area contributed by atoms with Crippen molar-refractivity contribution in [3.8, 4) is 22.9 Å². The first-order valence-corrected chi connectivity index (χ1v) is 9.99. The Morgan fingerprint density at radius 1 is 1.27 bits per heavy atom. The highest BCUT2D eigenvalue weighted by atomic mass is 32.2. The van der Waals surface area contributed by atoms with Crippen LogP contribution in [0, 0.1) is 0 Å². The minimum atomic E-state index is -3.87. The number of sulfonamides is 1. The molecular formula is C17H19N5O7S. The van der Waals surface area contributed by atoms with Gasteiger partial charge in [-0.15, -0.1) is 0 Å². The summed E-state index contributed by atoms with van der Waals surface area (Å²) in [6, 6.07) is 5.08. The molecule has 2 heterocycles. The van der Waals surface area contributed by atoms with Crippen LogP contribution in [-0.2, 0) is 33.2 Å². The number of hydrogen-bond donors (Lipinski definition) is 1. The highest BCUT2D eigenvalue weighted by molar-refractivity contribution is 7.89. The molecule has 0 radical (unpaired) electrons. The van der Waals surface area contributed by atoms with Gasteiger partial charge in [0.2, 0.25) is 15.8 Å². The van der Waals surface area contributed by atoms with E-state index < -0.39 is 22.5 Å². The van der Waals surface area contributed by atoms with E-state index in [1.165, 1.54) is 31.3 Å². The van der Waals surface area contributed by atoms with Crippen molar-refractivity contribution in [3.05, 3.63) is 36.5 Å². The third-order valence-electron chi connectivity index (χ3n) is 3.87. The molecule has 0 unspecified atom stereocenters. The highest BCUT2D eigenvalue weighted by Crippen LogP contribution is 2.31. The van der Waals surface area contributed by atoms with Gasteiger partial charge >= 0.3 is 5.97 Å². The van der Waals surface area contributed by atoms with Crippen LogP contribution < -0.4 is 14.2 Å². The summed E-state index contributed by atoms with van der Waals surface area (Å²) in [4.78, 5) is 15.9. The third-order valence-corrected chi connectivity index (χ3v) is 5.23. The van der Waals surface area contributed by atoms with Crippen LogP contribution in [0.1, 0.15) is 5.89 Å². The number of hydrogen-bond acceptors (Lipinski definition) is 10. The van der Waals surface area contributed by atoms with Crippen molar-refractivity contribution >= 4 is 16.0 Å². The molecule has 13 heteroatoms. The molecule has 0 spiro atoms. The van der Waals surface area contributed by atoms with E-state index >= 15 is 0 Å². The van der Waals surface area contributed by atoms with Gasteiger partial charge in [-0.3, -0.25) is 9.48 Å². The van der Waals surface area contributed by atoms with Gasteiger partial charge in [0.25, 0.3) is 5.89 Å². The molecule has 0 aliphatic heterocycles. The predicted octanol–water partition coefficient (Wildman–Crippen LogP) is 0.509. The molecule has 3 rings (SSSR count). The second kappa shape index (κ2) is 8.92. The molecule has 0 amide bonds. The Bertz CT molecular complexity index is 1140. The lowest BCUT2D eigenvalue weighted by molar-refractivity contribution is -0.144. The fourth-order valence-electron chi connectivity index (χ4n) is 2.37. The molecule has 0 saturated carbocycles. The fraction of sp³-hybridized carbons (Fsp3) is 0.294. The first-order valence-electron chi connectivity index (χ1n) is 8.51. The molecule has 3 aromatic rings. The second-order valence-corrected chi connectivity index (χ2v) is 7.68. The van der Waals surface area contributed by atoms with Crippen LogP contribution in [0.4, 0.5) is 0 Å². The number of nitrogens with one attached hydrogen (secondary N) is 1. The maximum atomic E-state index is 12.1. The maximum Gasteiger partial charge on any atom is 0.321 e. The SMILES string of the molecule is COc1ccc(-c2noc(COC(=O)CNS(=O)(=O)c3cnn(C)c3)n2)c(OC)c1. The molecule has 0 aliphatic carbocycles. The van der Waals surface area contributed by atoms with Gasteiger partial charge in [-0.1, -0.05) is 5.16 Å². The van der Waals surface area contributed by atoms with E-state index in [1.807, 2.05) is 0 Å². The van der Waals surface area contributed by atoms with E-state index in [-0.39, 0.29) is 23.2 Å². The van der Waals surface area contributed by atoms with E-state index in [0.29, 0.717) is 17.1 Å². The quantitative estimate of drug-likeness (QED) is 0.469. The number of benzene rings is 1. The first-order chi connectivity index (χ1) is 14.3. The zero-order valence-electron chi connectivity index (χ0n) is 16.4. The van der Waals surface area contributed by atoms with Gasteiger partial charge in [0.15, 0.2) is 6.61 Å². The average Bonchev–Trinajstić information content (AvgIpc) is 3.39. The topological polar surface area (TPSA) is 148 Å². The lowest BCUT2D eigenvalue weighted by atomic mass is 10.2. The molecule has 160 valence electrons. The van der Waals surface area contributed by atoms with Crippen LogP contribution in [0.15, 0.2) is 40.0 Å². The fourth-order valence-corrected chi connectivity index (χ4v) is 3.33. The molecule has 2 aromatic heterocycles. The van der Waals surface area contributed by atoms with Gasteiger partial charge < -0.3 is 18.7 Å². The van der Waals surface area contributed by atoms with Crippen molar-refractivity contribution < 1.29 is 31.9 Å². The van der Waals surface area contributed by atoms with Crippen LogP contribution >= 0.6 is 0 Å². The van der Waals surface area contributed by atoms with Crippen molar-refractivity contribution in [2.24, 2.45) is 7.05 Å². The van der Waals surface area contributed by atoms with Crippen LogP contribution in [0.2, 0.25) is 0 Å². The van der Waals surface area contributed by atoms with Crippen LogP contribution in [0.3, 0.4) is 0 Å². The number of nitrogens with zero attached hydrogens (tertiary/aromatic N) is 4. The Balaban J connectivity index is 1.57. The first kappa shape index (κ1) is 21.3. The van der Waals surface area contributed by atoms with Gasteiger partial charge in [0.05, 0.1) is 26.0 Å². The Morgan fingerprint density at radius 2 is 2.07 bits per heavy atom. The molecule has 1 N–H and O–H groups in total. The number of aromatic nitrogens is 4. The molecule has 30 heavy (non-hydrogen) atoms. The molecule has 12 nitrogen and oxygen atoms in total. The molecule has 0 saturated heterocycles. The van der Waals surface area contributed by atoms with E-state index in [1.54, 1.807) is 25.2 Å². The van der Waals surface area contributed by atoms with E-state index in [4.69, 9.17) is 18.7 Å². The summed E-state index contributed by atoms with van der Waals surface area (Å²) in [6.07, 6.45) is 2.47. The van der Waals surface area contributed by atoms with E-state index in [0.717, 1.165) is 0 Å². The van der Waals surface area contributed by atoms with Gasteiger partial charge in [0, 0.05) is 19.3 Å².